The van der Waals surface area contributed by atoms with Crippen LogP contribution in [0.2, 0.25) is 0 Å². The second kappa shape index (κ2) is 20.6. The standard InChI is InChI=1S/C30H43N7O3S3/c1-3-4-5-6-7-8-9-10-11-12-13-14-15-26(38)33-29(42)34-30-32-22(2)27(43-30)25(35-36-28(31)41)21-18-23-16-19-24(20-17-23)37(39)40/h16-21H,3-15H2,1-2H3,(H3,31,36,41)(H2,32,33,34,38,42)/b21-18+,35-25-. The van der Waals surface area contributed by atoms with Gasteiger partial charge in [0.05, 0.1) is 15.5 Å². The molecule has 0 saturated carbocycles. The Morgan fingerprint density at radius 2 is 1.60 bits per heavy atom. The van der Waals surface area contributed by atoms with Crippen molar-refractivity contribution in [2.24, 2.45) is 10.8 Å². The van der Waals surface area contributed by atoms with E-state index in [1.54, 1.807) is 24.3 Å². The number of allylic oxidation sites excluding steroid dienone is 1. The minimum absolute atomic E-state index is 0.00110. The third-order valence-corrected chi connectivity index (χ3v) is 7.97. The van der Waals surface area contributed by atoms with Gasteiger partial charge in [0.15, 0.2) is 15.4 Å². The summed E-state index contributed by atoms with van der Waals surface area (Å²) in [6, 6.07) is 6.13. The summed E-state index contributed by atoms with van der Waals surface area (Å²) in [6.45, 7) is 4.07. The number of rotatable bonds is 19. The molecule has 13 heteroatoms. The zero-order chi connectivity index (χ0) is 31.5. The number of thiocarbonyl (C=S) groups is 2. The first-order chi connectivity index (χ1) is 20.7. The summed E-state index contributed by atoms with van der Waals surface area (Å²) in [7, 11) is 0. The van der Waals surface area contributed by atoms with E-state index in [0.717, 1.165) is 29.7 Å². The molecule has 0 aliphatic rings. The van der Waals surface area contributed by atoms with Gasteiger partial charge in [-0.15, -0.1) is 0 Å². The largest absolute Gasteiger partial charge is 0.375 e. The number of carbonyl (C=O) groups is 1. The summed E-state index contributed by atoms with van der Waals surface area (Å²) >= 11 is 11.5. The summed E-state index contributed by atoms with van der Waals surface area (Å²) in [5.41, 5.74) is 10.1. The molecular weight excluding hydrogens is 603 g/mol. The Kier molecular flexibility index (Phi) is 17.2. The van der Waals surface area contributed by atoms with Gasteiger partial charge in [0, 0.05) is 18.6 Å². The fraction of sp³-hybridized carbons (Fsp3) is 0.500. The molecule has 2 rings (SSSR count). The van der Waals surface area contributed by atoms with Crippen molar-refractivity contribution >= 4 is 74.5 Å². The number of hydrogen-bond donors (Lipinski definition) is 4. The van der Waals surface area contributed by atoms with Gasteiger partial charge in [-0.3, -0.25) is 20.3 Å². The fourth-order valence-corrected chi connectivity index (χ4v) is 5.55. The van der Waals surface area contributed by atoms with Crippen LogP contribution in [0.3, 0.4) is 0 Å². The molecule has 1 aromatic carbocycles. The monoisotopic (exact) mass is 645 g/mol. The number of hydrazone groups is 1. The molecule has 1 amide bonds. The summed E-state index contributed by atoms with van der Waals surface area (Å²) in [6.07, 6.45) is 18.8. The van der Waals surface area contributed by atoms with Gasteiger partial charge in [-0.2, -0.15) is 5.10 Å². The molecule has 0 aliphatic carbocycles. The lowest BCUT2D eigenvalue weighted by Crippen LogP contribution is -2.33. The first kappa shape index (κ1) is 35.9. The van der Waals surface area contributed by atoms with Crippen LogP contribution in [0.1, 0.15) is 107 Å². The van der Waals surface area contributed by atoms with Gasteiger partial charge in [-0.1, -0.05) is 95.0 Å². The SMILES string of the molecule is CCCCCCCCCCCCCCC(=O)NC(=S)Nc1nc(C)c(C(/C=C/c2ccc([N+](=O)[O-])cc2)=N\NC(N)=S)s1. The highest BCUT2D eigenvalue weighted by Crippen LogP contribution is 2.24. The number of hydrogen-bond acceptors (Lipinski definition) is 8. The third-order valence-electron chi connectivity index (χ3n) is 6.58. The van der Waals surface area contributed by atoms with Crippen LogP contribution < -0.4 is 21.8 Å². The van der Waals surface area contributed by atoms with E-state index in [1.165, 1.54) is 81.3 Å². The number of non-ortho nitro benzene ring substituents is 1. The number of unbranched alkanes of at least 4 members (excludes halogenated alkanes) is 11. The molecule has 43 heavy (non-hydrogen) atoms. The number of nitrogens with two attached hydrogens (primary N) is 1. The predicted molar refractivity (Wildman–Crippen MR) is 185 cm³/mol. The third kappa shape index (κ3) is 15.1. The summed E-state index contributed by atoms with van der Waals surface area (Å²) in [5, 5.41) is 21.6. The predicted octanol–water partition coefficient (Wildman–Crippen LogP) is 7.51. The second-order valence-electron chi connectivity index (χ2n) is 10.2. The van der Waals surface area contributed by atoms with Crippen LogP contribution in [0, 0.1) is 17.0 Å². The molecule has 1 aromatic heterocycles. The normalized spacial score (nSPS) is 11.4. The molecule has 2 aromatic rings. The second-order valence-corrected chi connectivity index (χ2v) is 12.1. The Morgan fingerprint density at radius 1 is 1.02 bits per heavy atom. The van der Waals surface area contributed by atoms with E-state index < -0.39 is 4.92 Å². The number of carbonyl (C=O) groups excluding carboxylic acids is 1. The molecule has 0 saturated heterocycles. The Hall–Kier alpha value is -3.29. The van der Waals surface area contributed by atoms with Crippen molar-refractivity contribution in [1.82, 2.24) is 15.7 Å². The van der Waals surface area contributed by atoms with Crippen LogP contribution in [0.15, 0.2) is 35.4 Å². The number of aromatic nitrogens is 1. The van der Waals surface area contributed by atoms with Crippen molar-refractivity contribution in [3.63, 3.8) is 0 Å². The van der Waals surface area contributed by atoms with Gasteiger partial charge in [0.2, 0.25) is 5.91 Å². The van der Waals surface area contributed by atoms with Gasteiger partial charge in [-0.05, 0) is 61.6 Å². The maximum absolute atomic E-state index is 12.4. The van der Waals surface area contributed by atoms with E-state index in [-0.39, 0.29) is 21.8 Å². The first-order valence-corrected chi connectivity index (χ1v) is 16.5. The van der Waals surface area contributed by atoms with Gasteiger partial charge in [0.25, 0.3) is 5.69 Å². The Morgan fingerprint density at radius 3 is 2.16 bits per heavy atom. The van der Waals surface area contributed by atoms with E-state index in [0.29, 0.717) is 23.0 Å². The lowest BCUT2D eigenvalue weighted by atomic mass is 10.0. The molecule has 0 unspecified atom stereocenters. The van der Waals surface area contributed by atoms with Crippen LogP contribution in [0.4, 0.5) is 10.8 Å². The van der Waals surface area contributed by atoms with E-state index in [9.17, 15) is 14.9 Å². The highest BCUT2D eigenvalue weighted by atomic mass is 32.1. The number of amides is 1. The number of aryl methyl sites for hydroxylation is 1. The molecule has 0 atom stereocenters. The lowest BCUT2D eigenvalue weighted by Gasteiger charge is -2.07. The number of benzene rings is 1. The first-order valence-electron chi connectivity index (χ1n) is 14.8. The van der Waals surface area contributed by atoms with Crippen LogP contribution in [0.25, 0.3) is 6.08 Å². The van der Waals surface area contributed by atoms with Gasteiger partial charge in [0.1, 0.15) is 5.71 Å². The fourth-order valence-electron chi connectivity index (χ4n) is 4.29. The van der Waals surface area contributed by atoms with E-state index in [4.69, 9.17) is 30.2 Å². The molecular formula is C30H43N7O3S3. The summed E-state index contributed by atoms with van der Waals surface area (Å²) in [5.74, 6) is -0.118. The molecule has 234 valence electrons. The number of nitrogens with zero attached hydrogens (tertiary/aromatic N) is 3. The molecule has 5 N–H and O–H groups in total. The summed E-state index contributed by atoms with van der Waals surface area (Å²) in [4.78, 5) is 28.1. The highest BCUT2D eigenvalue weighted by Gasteiger charge is 2.14. The zero-order valence-corrected chi connectivity index (χ0v) is 27.5. The van der Waals surface area contributed by atoms with Gasteiger partial charge < -0.3 is 16.4 Å². The summed E-state index contributed by atoms with van der Waals surface area (Å²) < 4.78 is 0. The topological polar surface area (TPSA) is 148 Å². The van der Waals surface area contributed by atoms with Crippen molar-refractivity contribution in [2.45, 2.75) is 97.3 Å². The van der Waals surface area contributed by atoms with Crippen molar-refractivity contribution in [2.75, 3.05) is 5.32 Å². The van der Waals surface area contributed by atoms with Crippen molar-refractivity contribution < 1.29 is 9.72 Å². The number of nitro groups is 1. The minimum Gasteiger partial charge on any atom is -0.375 e. The highest BCUT2D eigenvalue weighted by molar-refractivity contribution is 7.80. The number of thiazole rings is 1. The Bertz CT molecular complexity index is 1260. The maximum Gasteiger partial charge on any atom is 0.269 e. The van der Waals surface area contributed by atoms with E-state index in [1.807, 2.05) is 6.92 Å². The lowest BCUT2D eigenvalue weighted by molar-refractivity contribution is -0.384. The van der Waals surface area contributed by atoms with Crippen LogP contribution in [-0.4, -0.2) is 31.8 Å². The number of nitrogens with one attached hydrogen (secondary N) is 3. The van der Waals surface area contributed by atoms with Crippen molar-refractivity contribution in [3.8, 4) is 0 Å². The molecule has 0 fully saturated rings. The van der Waals surface area contributed by atoms with E-state index in [2.05, 4.69) is 33.1 Å². The Labute approximate surface area is 269 Å². The van der Waals surface area contributed by atoms with Crippen LogP contribution in [0.5, 0.6) is 0 Å². The molecule has 10 nitrogen and oxygen atoms in total. The number of anilines is 1. The van der Waals surface area contributed by atoms with Gasteiger partial charge in [-0.25, -0.2) is 4.98 Å². The maximum atomic E-state index is 12.4. The smallest absolute Gasteiger partial charge is 0.269 e. The number of nitro benzene ring substituents is 1. The molecule has 0 radical (unpaired) electrons. The van der Waals surface area contributed by atoms with E-state index >= 15 is 0 Å². The van der Waals surface area contributed by atoms with Gasteiger partial charge >= 0.3 is 0 Å². The van der Waals surface area contributed by atoms with Crippen LogP contribution >= 0.6 is 35.8 Å². The average Bonchev–Trinajstić information content (AvgIpc) is 3.32. The molecule has 0 spiro atoms. The Balaban J connectivity index is 1.81. The van der Waals surface area contributed by atoms with Crippen molar-refractivity contribution in [3.05, 3.63) is 56.6 Å². The minimum atomic E-state index is -0.450. The quantitative estimate of drug-likeness (QED) is 0.0400. The van der Waals surface area contributed by atoms with Crippen LogP contribution in [-0.2, 0) is 4.79 Å². The molecule has 0 aliphatic heterocycles. The molecule has 1 heterocycles. The average molecular weight is 646 g/mol. The zero-order valence-electron chi connectivity index (χ0n) is 25.0. The molecule has 0 bridgehead atoms. The van der Waals surface area contributed by atoms with Crippen molar-refractivity contribution in [1.29, 1.82) is 0 Å².